The molecule has 0 saturated heterocycles. The van der Waals surface area contributed by atoms with E-state index in [-0.39, 0.29) is 31.3 Å². The van der Waals surface area contributed by atoms with Gasteiger partial charge in [0.05, 0.1) is 25.8 Å². The van der Waals surface area contributed by atoms with Gasteiger partial charge in [0.1, 0.15) is 17.7 Å². The fourth-order valence-electron chi connectivity index (χ4n) is 5.03. The Morgan fingerprint density at radius 2 is 1.32 bits per heavy atom. The number of aliphatic hydroxyl groups is 1. The average molecular weight is 655 g/mol. The summed E-state index contributed by atoms with van der Waals surface area (Å²) in [5.41, 5.74) is 0.934. The van der Waals surface area contributed by atoms with Crippen molar-refractivity contribution in [3.8, 4) is 0 Å². The molecule has 4 amide bonds. The summed E-state index contributed by atoms with van der Waals surface area (Å²) in [7, 11) is 1.27. The highest BCUT2D eigenvalue weighted by Crippen LogP contribution is 2.15. The third-order valence-corrected chi connectivity index (χ3v) is 7.21. The SMILES string of the molecule is COC(=O)C(CC(C)C)NC(=O)C(CC(C)C)NC(=O)N(Cc1ccccc1)CC(O)C(Cc1ccccc1)NC(=O)OC(C)(C)C. The first kappa shape index (κ1) is 39.1. The zero-order valence-electron chi connectivity index (χ0n) is 29.1. The van der Waals surface area contributed by atoms with Crippen LogP contribution in [0.4, 0.5) is 9.59 Å². The van der Waals surface area contributed by atoms with Crippen molar-refractivity contribution in [2.24, 2.45) is 11.8 Å². The summed E-state index contributed by atoms with van der Waals surface area (Å²) >= 11 is 0. The molecule has 2 aromatic rings. The number of amides is 4. The highest BCUT2D eigenvalue weighted by atomic mass is 16.6. The van der Waals surface area contributed by atoms with Crippen molar-refractivity contribution in [2.45, 2.75) is 104 Å². The van der Waals surface area contributed by atoms with Crippen LogP contribution in [0, 0.1) is 11.8 Å². The summed E-state index contributed by atoms with van der Waals surface area (Å²) in [4.78, 5) is 54.1. The van der Waals surface area contributed by atoms with E-state index in [0.29, 0.717) is 12.8 Å². The number of ether oxygens (including phenoxy) is 2. The molecule has 2 aromatic carbocycles. The Kier molecular flexibility index (Phi) is 15.7. The smallest absolute Gasteiger partial charge is 0.407 e. The van der Waals surface area contributed by atoms with Gasteiger partial charge in [0, 0.05) is 6.54 Å². The zero-order valence-corrected chi connectivity index (χ0v) is 29.1. The lowest BCUT2D eigenvalue weighted by molar-refractivity contribution is -0.145. The Labute approximate surface area is 279 Å². The molecule has 4 unspecified atom stereocenters. The molecular formula is C36H54N4O7. The van der Waals surface area contributed by atoms with Crippen LogP contribution >= 0.6 is 0 Å². The summed E-state index contributed by atoms with van der Waals surface area (Å²) in [5.74, 6) is -0.915. The molecule has 260 valence electrons. The van der Waals surface area contributed by atoms with Gasteiger partial charge in [0.25, 0.3) is 0 Å². The number of nitrogens with zero attached hydrogens (tertiary/aromatic N) is 1. The van der Waals surface area contributed by atoms with Crippen LogP contribution in [0.2, 0.25) is 0 Å². The molecule has 47 heavy (non-hydrogen) atoms. The lowest BCUT2D eigenvalue weighted by atomic mass is 10.00. The molecule has 4 N–H and O–H groups in total. The van der Waals surface area contributed by atoms with Crippen LogP contribution in [0.25, 0.3) is 0 Å². The summed E-state index contributed by atoms with van der Waals surface area (Å²) in [6, 6.07) is 15.5. The first-order valence-corrected chi connectivity index (χ1v) is 16.3. The maximum absolute atomic E-state index is 13.9. The van der Waals surface area contributed by atoms with Gasteiger partial charge in [0.2, 0.25) is 5.91 Å². The number of urea groups is 1. The van der Waals surface area contributed by atoms with Gasteiger partial charge in [-0.2, -0.15) is 0 Å². The van der Waals surface area contributed by atoms with Crippen molar-refractivity contribution in [3.05, 3.63) is 71.8 Å². The Hall–Kier alpha value is -4.12. The van der Waals surface area contributed by atoms with E-state index in [9.17, 15) is 24.3 Å². The number of esters is 1. The fraction of sp³-hybridized carbons (Fsp3) is 0.556. The Morgan fingerprint density at radius 1 is 0.787 bits per heavy atom. The third kappa shape index (κ3) is 14.9. The van der Waals surface area contributed by atoms with Crippen LogP contribution in [0.3, 0.4) is 0 Å². The van der Waals surface area contributed by atoms with Crippen LogP contribution < -0.4 is 16.0 Å². The molecule has 0 aliphatic heterocycles. The molecule has 2 rings (SSSR count). The van der Waals surface area contributed by atoms with E-state index in [1.54, 1.807) is 20.8 Å². The van der Waals surface area contributed by atoms with Gasteiger partial charge >= 0.3 is 18.1 Å². The van der Waals surface area contributed by atoms with Crippen LogP contribution in [0.5, 0.6) is 0 Å². The molecule has 4 atom stereocenters. The molecule has 0 bridgehead atoms. The van der Waals surface area contributed by atoms with Gasteiger partial charge in [-0.3, -0.25) is 4.79 Å². The van der Waals surface area contributed by atoms with Gasteiger partial charge in [-0.15, -0.1) is 0 Å². The van der Waals surface area contributed by atoms with Crippen LogP contribution in [-0.4, -0.2) is 77.5 Å². The first-order chi connectivity index (χ1) is 22.1. The second-order valence-electron chi connectivity index (χ2n) is 13.7. The van der Waals surface area contributed by atoms with Gasteiger partial charge in [-0.1, -0.05) is 88.4 Å². The topological polar surface area (TPSA) is 146 Å². The highest BCUT2D eigenvalue weighted by Gasteiger charge is 2.32. The number of hydrogen-bond acceptors (Lipinski definition) is 7. The fourth-order valence-corrected chi connectivity index (χ4v) is 5.03. The van der Waals surface area contributed by atoms with E-state index < -0.39 is 53.8 Å². The van der Waals surface area contributed by atoms with Gasteiger partial charge in [-0.05, 0) is 63.0 Å². The Balaban J connectivity index is 2.36. The maximum atomic E-state index is 13.9. The Morgan fingerprint density at radius 3 is 1.83 bits per heavy atom. The standard InChI is InChI=1S/C36H54N4O7/c1-24(2)19-29(32(42)37-30(20-25(3)4)33(43)46-8)38-34(44)40(22-27-17-13-10-14-18-27)23-31(41)28(21-26-15-11-9-12-16-26)39-35(45)47-36(5,6)7/h9-18,24-25,28-31,41H,19-23H2,1-8H3,(H,37,42)(H,38,44)(H,39,45). The number of alkyl carbamates (subject to hydrolysis) is 1. The van der Waals surface area contributed by atoms with Gasteiger partial charge in [-0.25, -0.2) is 14.4 Å². The van der Waals surface area contributed by atoms with Gasteiger partial charge < -0.3 is 35.4 Å². The molecule has 0 fully saturated rings. The monoisotopic (exact) mass is 654 g/mol. The van der Waals surface area contributed by atoms with Crippen molar-refractivity contribution < 1.29 is 33.8 Å². The number of carbonyl (C=O) groups excluding carboxylic acids is 4. The lowest BCUT2D eigenvalue weighted by Gasteiger charge is -2.32. The minimum atomic E-state index is -1.20. The summed E-state index contributed by atoms with van der Waals surface area (Å²) in [6.45, 7) is 12.9. The number of nitrogens with one attached hydrogen (secondary N) is 3. The van der Waals surface area contributed by atoms with E-state index in [1.807, 2.05) is 88.4 Å². The summed E-state index contributed by atoms with van der Waals surface area (Å²) in [5, 5.41) is 20.0. The van der Waals surface area contributed by atoms with E-state index >= 15 is 0 Å². The third-order valence-electron chi connectivity index (χ3n) is 7.21. The molecule has 11 nitrogen and oxygen atoms in total. The highest BCUT2D eigenvalue weighted by molar-refractivity contribution is 5.90. The van der Waals surface area contributed by atoms with Crippen LogP contribution in [-0.2, 0) is 32.0 Å². The predicted molar refractivity (Wildman–Crippen MR) is 181 cm³/mol. The number of hydrogen-bond donors (Lipinski definition) is 4. The van der Waals surface area contributed by atoms with Crippen molar-refractivity contribution >= 4 is 24.0 Å². The summed E-state index contributed by atoms with van der Waals surface area (Å²) in [6.07, 6.45) is -0.923. The van der Waals surface area contributed by atoms with E-state index in [4.69, 9.17) is 9.47 Å². The molecule has 0 spiro atoms. The summed E-state index contributed by atoms with van der Waals surface area (Å²) < 4.78 is 10.4. The molecule has 11 heteroatoms. The maximum Gasteiger partial charge on any atom is 0.407 e. The van der Waals surface area contributed by atoms with Crippen molar-refractivity contribution in [3.63, 3.8) is 0 Å². The van der Waals surface area contributed by atoms with Crippen molar-refractivity contribution in [1.82, 2.24) is 20.9 Å². The minimum Gasteiger partial charge on any atom is -0.467 e. The predicted octanol–water partition coefficient (Wildman–Crippen LogP) is 4.81. The first-order valence-electron chi connectivity index (χ1n) is 16.3. The molecular weight excluding hydrogens is 600 g/mol. The van der Waals surface area contributed by atoms with Crippen molar-refractivity contribution in [2.75, 3.05) is 13.7 Å². The number of carbonyl (C=O) groups is 4. The van der Waals surface area contributed by atoms with Gasteiger partial charge in [0.15, 0.2) is 0 Å². The number of methoxy groups -OCH3 is 1. The Bertz CT molecular complexity index is 1270. The number of rotatable bonds is 16. The lowest BCUT2D eigenvalue weighted by Crippen LogP contribution is -2.57. The molecule has 0 aliphatic carbocycles. The quantitative estimate of drug-likeness (QED) is 0.190. The molecule has 0 heterocycles. The van der Waals surface area contributed by atoms with Crippen LogP contribution in [0.15, 0.2) is 60.7 Å². The molecule has 0 radical (unpaired) electrons. The normalized spacial score (nSPS) is 14.0. The average Bonchev–Trinajstić information content (AvgIpc) is 2.98. The van der Waals surface area contributed by atoms with Crippen molar-refractivity contribution in [1.29, 1.82) is 0 Å². The zero-order chi connectivity index (χ0) is 35.1. The number of benzene rings is 2. The van der Waals surface area contributed by atoms with E-state index in [0.717, 1.165) is 11.1 Å². The molecule has 0 aromatic heterocycles. The number of aliphatic hydroxyl groups excluding tert-OH is 1. The second-order valence-corrected chi connectivity index (χ2v) is 13.7. The molecule has 0 saturated carbocycles. The van der Waals surface area contributed by atoms with Crippen LogP contribution in [0.1, 0.15) is 72.4 Å². The largest absolute Gasteiger partial charge is 0.467 e. The minimum absolute atomic E-state index is 0.0363. The molecule has 0 aliphatic rings. The van der Waals surface area contributed by atoms with E-state index in [1.165, 1.54) is 12.0 Å². The second kappa shape index (κ2) is 18.9. The van der Waals surface area contributed by atoms with E-state index in [2.05, 4.69) is 16.0 Å².